The number of anilines is 1. The summed E-state index contributed by atoms with van der Waals surface area (Å²) in [4.78, 5) is 4.04. The molecule has 0 radical (unpaired) electrons. The largest absolute Gasteiger partial charge is 0.383 e. The minimum Gasteiger partial charge on any atom is -0.383 e. The smallest absolute Gasteiger partial charge is 0.0401 e. The quantitative estimate of drug-likeness (QED) is 0.733. The summed E-state index contributed by atoms with van der Waals surface area (Å²) in [7, 11) is 1.96. The van der Waals surface area contributed by atoms with Crippen molar-refractivity contribution < 1.29 is 0 Å². The van der Waals surface area contributed by atoms with Crippen molar-refractivity contribution >= 4 is 5.69 Å². The Labute approximate surface area is 79.6 Å². The van der Waals surface area contributed by atoms with E-state index in [4.69, 9.17) is 0 Å². The molecule has 0 spiro atoms. The van der Waals surface area contributed by atoms with Crippen molar-refractivity contribution in [3.8, 4) is 0 Å². The first-order valence-electron chi connectivity index (χ1n) is 4.55. The minimum atomic E-state index is 0.479. The van der Waals surface area contributed by atoms with Gasteiger partial charge in [0.15, 0.2) is 0 Å². The van der Waals surface area contributed by atoms with Crippen LogP contribution in [-0.2, 0) is 0 Å². The normalized spacial score (nSPS) is 12.5. The molecule has 0 fully saturated rings. The highest BCUT2D eigenvalue weighted by atomic mass is 15.0. The van der Waals surface area contributed by atoms with Gasteiger partial charge in [-0.2, -0.15) is 0 Å². The van der Waals surface area contributed by atoms with Crippen molar-refractivity contribution in [2.75, 3.05) is 18.9 Å². The van der Waals surface area contributed by atoms with Crippen molar-refractivity contribution in [2.24, 2.45) is 0 Å². The number of hydrogen-bond acceptors (Lipinski definition) is 3. The molecule has 0 aliphatic heterocycles. The number of nitrogens with one attached hydrogen (secondary N) is 2. The second-order valence-corrected chi connectivity index (χ2v) is 3.26. The number of hydrogen-bond donors (Lipinski definition) is 2. The zero-order valence-corrected chi connectivity index (χ0v) is 8.46. The van der Waals surface area contributed by atoms with Crippen LogP contribution in [0.15, 0.2) is 18.5 Å². The van der Waals surface area contributed by atoms with E-state index in [2.05, 4.69) is 29.5 Å². The zero-order valence-electron chi connectivity index (χ0n) is 8.46. The maximum atomic E-state index is 4.04. The molecule has 3 nitrogen and oxygen atoms in total. The number of aromatic nitrogens is 1. The molecule has 72 valence electrons. The predicted molar refractivity (Wildman–Crippen MR) is 56.0 cm³/mol. The highest BCUT2D eigenvalue weighted by molar-refractivity contribution is 5.48. The fraction of sp³-hybridized carbons (Fsp3) is 0.500. The molecule has 1 atom stereocenters. The summed E-state index contributed by atoms with van der Waals surface area (Å²) in [5.41, 5.74) is 2.35. The summed E-state index contributed by atoms with van der Waals surface area (Å²) in [6.45, 7) is 5.13. The standard InChI is InChI=1S/C10H17N3/c1-8-6-12-5-4-10(8)13-7-9(2)11-3/h4-6,9,11H,7H2,1-3H3,(H,12,13). The first-order chi connectivity index (χ1) is 6.24. The van der Waals surface area contributed by atoms with Crippen LogP contribution in [0.3, 0.4) is 0 Å². The van der Waals surface area contributed by atoms with Crippen LogP contribution in [-0.4, -0.2) is 24.6 Å². The van der Waals surface area contributed by atoms with E-state index < -0.39 is 0 Å². The molecule has 2 N–H and O–H groups in total. The van der Waals surface area contributed by atoms with Gasteiger partial charge in [-0.15, -0.1) is 0 Å². The van der Waals surface area contributed by atoms with Crippen molar-refractivity contribution in [3.63, 3.8) is 0 Å². The molecule has 1 aromatic rings. The van der Waals surface area contributed by atoms with E-state index >= 15 is 0 Å². The van der Waals surface area contributed by atoms with Gasteiger partial charge >= 0.3 is 0 Å². The van der Waals surface area contributed by atoms with Crippen molar-refractivity contribution in [3.05, 3.63) is 24.0 Å². The molecule has 0 aliphatic rings. The summed E-state index contributed by atoms with van der Waals surface area (Å²) in [6, 6.07) is 2.48. The monoisotopic (exact) mass is 179 g/mol. The van der Waals surface area contributed by atoms with Gasteiger partial charge in [0.05, 0.1) is 0 Å². The summed E-state index contributed by atoms with van der Waals surface area (Å²) >= 11 is 0. The van der Waals surface area contributed by atoms with Crippen LogP contribution in [0.4, 0.5) is 5.69 Å². The molecule has 1 unspecified atom stereocenters. The number of nitrogens with zero attached hydrogens (tertiary/aromatic N) is 1. The number of aryl methyl sites for hydroxylation is 1. The van der Waals surface area contributed by atoms with E-state index in [0.29, 0.717) is 6.04 Å². The van der Waals surface area contributed by atoms with E-state index in [9.17, 15) is 0 Å². The predicted octanol–water partition coefficient (Wildman–Crippen LogP) is 1.41. The Kier molecular flexibility index (Phi) is 3.71. The Balaban J connectivity index is 2.50. The van der Waals surface area contributed by atoms with Gasteiger partial charge in [0, 0.05) is 30.7 Å². The van der Waals surface area contributed by atoms with Gasteiger partial charge in [0.2, 0.25) is 0 Å². The number of likely N-dealkylation sites (N-methyl/N-ethyl adjacent to an activating group) is 1. The van der Waals surface area contributed by atoms with E-state index in [1.165, 1.54) is 5.56 Å². The van der Waals surface area contributed by atoms with E-state index in [1.54, 1.807) is 6.20 Å². The van der Waals surface area contributed by atoms with Crippen LogP contribution >= 0.6 is 0 Å². The van der Waals surface area contributed by atoms with E-state index in [0.717, 1.165) is 12.2 Å². The van der Waals surface area contributed by atoms with Crippen LogP contribution in [0.25, 0.3) is 0 Å². The van der Waals surface area contributed by atoms with Gasteiger partial charge in [-0.1, -0.05) is 0 Å². The van der Waals surface area contributed by atoms with Gasteiger partial charge in [-0.05, 0) is 32.5 Å². The van der Waals surface area contributed by atoms with Crippen LogP contribution in [0.1, 0.15) is 12.5 Å². The Morgan fingerprint density at radius 1 is 1.54 bits per heavy atom. The molecule has 0 amide bonds. The van der Waals surface area contributed by atoms with Crippen molar-refractivity contribution in [1.82, 2.24) is 10.3 Å². The van der Waals surface area contributed by atoms with Crippen LogP contribution in [0.2, 0.25) is 0 Å². The third kappa shape index (κ3) is 3.03. The van der Waals surface area contributed by atoms with Crippen LogP contribution in [0, 0.1) is 6.92 Å². The molecule has 1 aromatic heterocycles. The molecule has 0 bridgehead atoms. The summed E-state index contributed by atoms with van der Waals surface area (Å²) in [5.74, 6) is 0. The summed E-state index contributed by atoms with van der Waals surface area (Å²) in [5, 5.41) is 6.54. The molecule has 3 heteroatoms. The fourth-order valence-corrected chi connectivity index (χ4v) is 1.04. The Morgan fingerprint density at radius 2 is 2.31 bits per heavy atom. The molecule has 0 aliphatic carbocycles. The second-order valence-electron chi connectivity index (χ2n) is 3.26. The van der Waals surface area contributed by atoms with Gasteiger partial charge in [0.25, 0.3) is 0 Å². The second kappa shape index (κ2) is 4.82. The highest BCUT2D eigenvalue weighted by Crippen LogP contribution is 2.10. The minimum absolute atomic E-state index is 0.479. The van der Waals surface area contributed by atoms with E-state index in [-0.39, 0.29) is 0 Å². The lowest BCUT2D eigenvalue weighted by atomic mass is 10.2. The van der Waals surface area contributed by atoms with Crippen LogP contribution < -0.4 is 10.6 Å². The Morgan fingerprint density at radius 3 is 2.92 bits per heavy atom. The first kappa shape index (κ1) is 9.99. The van der Waals surface area contributed by atoms with Gasteiger partial charge in [0.1, 0.15) is 0 Å². The lowest BCUT2D eigenvalue weighted by Gasteiger charge is -2.13. The molecule has 0 aromatic carbocycles. The van der Waals surface area contributed by atoms with E-state index in [1.807, 2.05) is 19.3 Å². The lowest BCUT2D eigenvalue weighted by molar-refractivity contribution is 0.638. The topological polar surface area (TPSA) is 37.0 Å². The van der Waals surface area contributed by atoms with Crippen LogP contribution in [0.5, 0.6) is 0 Å². The summed E-state index contributed by atoms with van der Waals surface area (Å²) < 4.78 is 0. The maximum Gasteiger partial charge on any atom is 0.0401 e. The molecule has 0 saturated carbocycles. The first-order valence-corrected chi connectivity index (χ1v) is 4.55. The van der Waals surface area contributed by atoms with Crippen molar-refractivity contribution in [1.29, 1.82) is 0 Å². The van der Waals surface area contributed by atoms with Crippen molar-refractivity contribution in [2.45, 2.75) is 19.9 Å². The average Bonchev–Trinajstić information content (AvgIpc) is 2.16. The SMILES string of the molecule is CNC(C)CNc1ccncc1C. The molecule has 1 heterocycles. The molecule has 13 heavy (non-hydrogen) atoms. The maximum absolute atomic E-state index is 4.04. The molecular weight excluding hydrogens is 162 g/mol. The van der Waals surface area contributed by atoms with Gasteiger partial charge < -0.3 is 10.6 Å². The Hall–Kier alpha value is -1.09. The third-order valence-corrected chi connectivity index (χ3v) is 2.11. The summed E-state index contributed by atoms with van der Waals surface area (Å²) in [6.07, 6.45) is 3.67. The Bertz CT molecular complexity index is 260. The van der Waals surface area contributed by atoms with Gasteiger partial charge in [-0.3, -0.25) is 4.98 Å². The zero-order chi connectivity index (χ0) is 9.68. The van der Waals surface area contributed by atoms with Gasteiger partial charge in [-0.25, -0.2) is 0 Å². The molecule has 1 rings (SSSR count). The molecular formula is C10H17N3. The average molecular weight is 179 g/mol. The highest BCUT2D eigenvalue weighted by Gasteiger charge is 1.99. The third-order valence-electron chi connectivity index (χ3n) is 2.11. The lowest BCUT2D eigenvalue weighted by Crippen LogP contribution is -2.29. The molecule has 0 saturated heterocycles. The number of pyridine rings is 1. The number of rotatable bonds is 4. The fourth-order valence-electron chi connectivity index (χ4n) is 1.04.